The molecule has 3 rings (SSSR count). The molecule has 138 valence electrons. The maximum absolute atomic E-state index is 13.0. The molecule has 0 bridgehead atoms. The van der Waals surface area contributed by atoms with Crippen LogP contribution in [0.25, 0.3) is 0 Å². The predicted molar refractivity (Wildman–Crippen MR) is 96.3 cm³/mol. The quantitative estimate of drug-likeness (QED) is 0.615. The molecule has 1 aliphatic heterocycles. The number of methoxy groups -OCH3 is 2. The van der Waals surface area contributed by atoms with Crippen molar-refractivity contribution in [3.05, 3.63) is 58.9 Å². The van der Waals surface area contributed by atoms with Crippen molar-refractivity contribution in [1.82, 2.24) is 0 Å². The molecule has 0 unspecified atom stereocenters. The zero-order valence-electron chi connectivity index (χ0n) is 15.7. The number of esters is 2. The van der Waals surface area contributed by atoms with E-state index < -0.39 is 23.0 Å². The van der Waals surface area contributed by atoms with Crippen LogP contribution < -0.4 is 0 Å². The molecule has 2 atom stereocenters. The number of hydrogen-bond donors (Lipinski definition) is 0. The summed E-state index contributed by atoms with van der Waals surface area (Å²) in [5.74, 6) is -0.538. The van der Waals surface area contributed by atoms with Crippen molar-refractivity contribution in [2.75, 3.05) is 14.2 Å². The molecule has 1 saturated heterocycles. The second-order valence-electron chi connectivity index (χ2n) is 7.29. The fourth-order valence-corrected chi connectivity index (χ4v) is 3.97. The van der Waals surface area contributed by atoms with E-state index in [9.17, 15) is 9.59 Å². The average molecular weight is 356 g/mol. The molecule has 1 heterocycles. The fourth-order valence-electron chi connectivity index (χ4n) is 3.97. The maximum Gasteiger partial charge on any atom is 0.337 e. The Morgan fingerprint density at radius 3 is 2.38 bits per heavy atom. The zero-order valence-corrected chi connectivity index (χ0v) is 15.7. The minimum Gasteiger partial charge on any atom is -0.486 e. The molecule has 26 heavy (non-hydrogen) atoms. The van der Waals surface area contributed by atoms with E-state index in [0.29, 0.717) is 30.6 Å². The highest BCUT2D eigenvalue weighted by atomic mass is 16.5. The van der Waals surface area contributed by atoms with Gasteiger partial charge in [-0.2, -0.15) is 0 Å². The number of hydrogen-bond acceptors (Lipinski definition) is 5. The van der Waals surface area contributed by atoms with Crippen LogP contribution >= 0.6 is 0 Å². The summed E-state index contributed by atoms with van der Waals surface area (Å²) in [6, 6.07) is 7.79. The molecule has 1 fully saturated rings. The van der Waals surface area contributed by atoms with E-state index in [0.717, 1.165) is 16.7 Å². The first-order valence-electron chi connectivity index (χ1n) is 8.59. The van der Waals surface area contributed by atoms with E-state index in [1.165, 1.54) is 14.2 Å². The molecule has 1 aromatic rings. The minimum atomic E-state index is -1.07. The first kappa shape index (κ1) is 18.2. The second kappa shape index (κ2) is 6.31. The highest BCUT2D eigenvalue weighted by molar-refractivity contribution is 5.93. The van der Waals surface area contributed by atoms with Crippen LogP contribution in [0.4, 0.5) is 0 Å². The van der Waals surface area contributed by atoms with Crippen molar-refractivity contribution >= 4 is 11.9 Å². The lowest BCUT2D eigenvalue weighted by molar-refractivity contribution is -0.150. The van der Waals surface area contributed by atoms with Crippen LogP contribution in [0, 0.1) is 5.41 Å². The Bertz CT molecular complexity index is 821. The third-order valence-corrected chi connectivity index (χ3v) is 5.56. The minimum absolute atomic E-state index is 0.350. The summed E-state index contributed by atoms with van der Waals surface area (Å²) in [6.45, 7) is 7.78. The number of ether oxygens (including phenoxy) is 3. The van der Waals surface area contributed by atoms with Gasteiger partial charge in [0, 0.05) is 12.8 Å². The Kier molecular flexibility index (Phi) is 4.42. The molecule has 1 aromatic carbocycles. The number of carbonyl (C=O) groups excluding carboxylic acids is 2. The third-order valence-electron chi connectivity index (χ3n) is 5.56. The molecule has 0 amide bonds. The van der Waals surface area contributed by atoms with Crippen molar-refractivity contribution < 1.29 is 23.8 Å². The first-order valence-corrected chi connectivity index (χ1v) is 8.59. The van der Waals surface area contributed by atoms with Crippen LogP contribution in [0.15, 0.2) is 47.7 Å². The molecule has 5 heteroatoms. The highest BCUT2D eigenvalue weighted by Gasteiger charge is 2.59. The molecule has 2 aliphatic rings. The van der Waals surface area contributed by atoms with E-state index in [2.05, 4.69) is 6.58 Å². The first-order chi connectivity index (χ1) is 12.3. The van der Waals surface area contributed by atoms with Crippen LogP contribution in [-0.2, 0) is 36.6 Å². The number of benzene rings is 1. The SMILES string of the molecule is C=C(C)[C@@]1(C)C[C@@]2(C(=O)OC)Cc3ccccc3CC(C(=O)OC)=C2O1. The van der Waals surface area contributed by atoms with Crippen molar-refractivity contribution in [2.45, 2.75) is 38.7 Å². The Morgan fingerprint density at radius 2 is 1.81 bits per heavy atom. The Labute approximate surface area is 153 Å². The van der Waals surface area contributed by atoms with Crippen LogP contribution in [0.2, 0.25) is 0 Å². The van der Waals surface area contributed by atoms with Crippen molar-refractivity contribution in [2.24, 2.45) is 5.41 Å². The predicted octanol–water partition coefficient (Wildman–Crippen LogP) is 3.13. The standard InChI is InChI=1S/C21H24O5/c1-13(2)20(3)12-21(19(23)25-5)11-15-9-7-6-8-14(15)10-16(17(21)26-20)18(22)24-4/h6-9H,1,10-12H2,2-5H3/t20-,21+/m1/s1. The lowest BCUT2D eigenvalue weighted by atomic mass is 9.73. The van der Waals surface area contributed by atoms with Crippen LogP contribution in [-0.4, -0.2) is 31.8 Å². The van der Waals surface area contributed by atoms with E-state index >= 15 is 0 Å². The summed E-state index contributed by atoms with van der Waals surface area (Å²) in [6.07, 6.45) is 1.13. The van der Waals surface area contributed by atoms with Gasteiger partial charge < -0.3 is 14.2 Å². The number of carbonyl (C=O) groups is 2. The molecule has 0 spiro atoms. The third kappa shape index (κ3) is 2.62. The largest absolute Gasteiger partial charge is 0.486 e. The van der Waals surface area contributed by atoms with Gasteiger partial charge in [0.05, 0.1) is 19.8 Å². The molecule has 5 nitrogen and oxygen atoms in total. The molecular weight excluding hydrogens is 332 g/mol. The summed E-state index contributed by atoms with van der Waals surface area (Å²) in [7, 11) is 2.69. The van der Waals surface area contributed by atoms with E-state index in [1.807, 2.05) is 38.1 Å². The van der Waals surface area contributed by atoms with Crippen molar-refractivity contribution in [3.63, 3.8) is 0 Å². The van der Waals surface area contributed by atoms with Gasteiger partial charge in [0.2, 0.25) is 0 Å². The topological polar surface area (TPSA) is 61.8 Å². The summed E-state index contributed by atoms with van der Waals surface area (Å²) in [5, 5.41) is 0. The smallest absolute Gasteiger partial charge is 0.337 e. The maximum atomic E-state index is 13.0. The number of fused-ring (bicyclic) bond motifs is 2. The second-order valence-corrected chi connectivity index (χ2v) is 7.29. The van der Waals surface area contributed by atoms with Gasteiger partial charge in [-0.15, -0.1) is 0 Å². The molecule has 0 saturated carbocycles. The highest BCUT2D eigenvalue weighted by Crippen LogP contribution is 2.55. The van der Waals surface area contributed by atoms with Crippen LogP contribution in [0.3, 0.4) is 0 Å². The summed E-state index contributed by atoms with van der Waals surface area (Å²) < 4.78 is 16.4. The van der Waals surface area contributed by atoms with Gasteiger partial charge in [-0.25, -0.2) is 4.79 Å². The van der Waals surface area contributed by atoms with Crippen LogP contribution in [0.5, 0.6) is 0 Å². The van der Waals surface area contributed by atoms with Gasteiger partial charge in [0.15, 0.2) is 0 Å². The van der Waals surface area contributed by atoms with Crippen molar-refractivity contribution in [3.8, 4) is 0 Å². The molecule has 0 radical (unpaired) electrons. The average Bonchev–Trinajstić information content (AvgIpc) is 2.87. The van der Waals surface area contributed by atoms with E-state index in [-0.39, 0.29) is 0 Å². The van der Waals surface area contributed by atoms with Crippen LogP contribution in [0.1, 0.15) is 31.4 Å². The van der Waals surface area contributed by atoms with Crippen molar-refractivity contribution in [1.29, 1.82) is 0 Å². The van der Waals surface area contributed by atoms with Gasteiger partial charge in [-0.05, 0) is 37.0 Å². The monoisotopic (exact) mass is 356 g/mol. The lowest BCUT2D eigenvalue weighted by Gasteiger charge is -2.26. The normalized spacial score (nSPS) is 26.9. The van der Waals surface area contributed by atoms with Gasteiger partial charge in [-0.3, -0.25) is 4.79 Å². The molecule has 0 N–H and O–H groups in total. The fraction of sp³-hybridized carbons (Fsp3) is 0.429. The summed E-state index contributed by atoms with van der Waals surface area (Å²) >= 11 is 0. The summed E-state index contributed by atoms with van der Waals surface area (Å²) in [4.78, 5) is 25.6. The Morgan fingerprint density at radius 1 is 1.15 bits per heavy atom. The van der Waals surface area contributed by atoms with Gasteiger partial charge in [0.1, 0.15) is 16.8 Å². The van der Waals surface area contributed by atoms with Gasteiger partial charge >= 0.3 is 11.9 Å². The molecule has 1 aliphatic carbocycles. The molecular formula is C21H24O5. The Balaban J connectivity index is 2.30. The summed E-state index contributed by atoms with van der Waals surface area (Å²) in [5.41, 5.74) is 1.32. The van der Waals surface area contributed by atoms with Gasteiger partial charge in [-0.1, -0.05) is 30.8 Å². The zero-order chi connectivity index (χ0) is 19.1. The van der Waals surface area contributed by atoms with E-state index in [1.54, 1.807) is 0 Å². The van der Waals surface area contributed by atoms with Gasteiger partial charge in [0.25, 0.3) is 0 Å². The lowest BCUT2D eigenvalue weighted by Crippen LogP contribution is -2.36. The molecule has 0 aromatic heterocycles. The Hall–Kier alpha value is -2.56. The van der Waals surface area contributed by atoms with E-state index in [4.69, 9.17) is 14.2 Å². The number of rotatable bonds is 3.